The number of nitrogens with one attached hydrogen (secondary N) is 2. The second kappa shape index (κ2) is 6.78. The number of hydrogen-bond donors (Lipinski definition) is 3. The first-order valence-corrected chi connectivity index (χ1v) is 7.44. The smallest absolute Gasteiger partial charge is 0.274 e. The number of aromatic nitrogens is 2. The van der Waals surface area contributed by atoms with Gasteiger partial charge in [0.15, 0.2) is 0 Å². The van der Waals surface area contributed by atoms with E-state index in [0.717, 1.165) is 5.56 Å². The van der Waals surface area contributed by atoms with E-state index in [-0.39, 0.29) is 5.71 Å². The number of nitrogen functional groups attached to an aromatic ring is 1. The molecule has 120 valence electrons. The van der Waals surface area contributed by atoms with Crippen LogP contribution in [-0.4, -0.2) is 21.4 Å². The van der Waals surface area contributed by atoms with Gasteiger partial charge in [-0.15, -0.1) is 0 Å². The third kappa shape index (κ3) is 3.49. The number of carbonyl (C=O) groups excluding carboxylic acids is 1. The van der Waals surface area contributed by atoms with Crippen molar-refractivity contribution < 1.29 is 4.79 Å². The van der Waals surface area contributed by atoms with E-state index in [1.807, 2.05) is 30.3 Å². The summed E-state index contributed by atoms with van der Waals surface area (Å²) < 4.78 is 1.73. The summed E-state index contributed by atoms with van der Waals surface area (Å²) >= 11 is 0. The zero-order valence-electron chi connectivity index (χ0n) is 12.9. The van der Waals surface area contributed by atoms with Crippen molar-refractivity contribution in [2.45, 2.75) is 6.54 Å². The molecule has 0 fully saturated rings. The second-order valence-corrected chi connectivity index (χ2v) is 5.33. The van der Waals surface area contributed by atoms with Crippen molar-refractivity contribution in [3.63, 3.8) is 0 Å². The molecule has 0 saturated heterocycles. The largest absolute Gasteiger partial charge is 0.398 e. The molecule has 1 amide bonds. The number of para-hydroxylation sites is 1. The van der Waals surface area contributed by atoms with Gasteiger partial charge in [-0.25, -0.2) is 0 Å². The molecule has 3 aromatic rings. The van der Waals surface area contributed by atoms with Crippen LogP contribution in [0, 0.1) is 5.41 Å². The first-order valence-electron chi connectivity index (χ1n) is 7.44. The lowest BCUT2D eigenvalue weighted by molar-refractivity contribution is -0.110. The molecule has 0 aliphatic rings. The molecule has 0 unspecified atom stereocenters. The lowest BCUT2D eigenvalue weighted by Crippen LogP contribution is -2.23. The van der Waals surface area contributed by atoms with E-state index in [9.17, 15) is 4.79 Å². The molecule has 6 nitrogen and oxygen atoms in total. The van der Waals surface area contributed by atoms with Crippen LogP contribution < -0.4 is 11.1 Å². The third-order valence-electron chi connectivity index (χ3n) is 3.54. The van der Waals surface area contributed by atoms with Gasteiger partial charge in [0.25, 0.3) is 5.91 Å². The number of carbonyl (C=O) groups is 1. The van der Waals surface area contributed by atoms with E-state index >= 15 is 0 Å². The molecule has 2 aromatic carbocycles. The molecule has 0 atom stereocenters. The first kappa shape index (κ1) is 15.5. The SMILES string of the molecule is N=C(C(=O)Nc1cnn(Cc2ccccc2)c1)c1ccccc1N. The summed E-state index contributed by atoms with van der Waals surface area (Å²) in [5, 5.41) is 14.9. The van der Waals surface area contributed by atoms with Crippen molar-refractivity contribution >= 4 is 23.0 Å². The zero-order chi connectivity index (χ0) is 16.9. The molecule has 0 saturated carbocycles. The fourth-order valence-electron chi connectivity index (χ4n) is 2.33. The highest BCUT2D eigenvalue weighted by Gasteiger charge is 2.15. The number of benzene rings is 2. The van der Waals surface area contributed by atoms with Gasteiger partial charge >= 0.3 is 0 Å². The fraction of sp³-hybridized carbons (Fsp3) is 0.0556. The maximum atomic E-state index is 12.2. The molecule has 0 radical (unpaired) electrons. The molecular formula is C18H17N5O. The molecule has 0 aliphatic carbocycles. The molecule has 24 heavy (non-hydrogen) atoms. The highest BCUT2D eigenvalue weighted by molar-refractivity contribution is 6.48. The summed E-state index contributed by atoms with van der Waals surface area (Å²) in [5.41, 5.74) is 8.09. The maximum absolute atomic E-state index is 12.2. The van der Waals surface area contributed by atoms with Gasteiger partial charge in [0.1, 0.15) is 5.71 Å². The van der Waals surface area contributed by atoms with Crippen LogP contribution >= 0.6 is 0 Å². The van der Waals surface area contributed by atoms with Gasteiger partial charge in [-0.05, 0) is 11.6 Å². The van der Waals surface area contributed by atoms with Crippen LogP contribution in [0.5, 0.6) is 0 Å². The minimum atomic E-state index is -0.521. The Morgan fingerprint density at radius 3 is 2.58 bits per heavy atom. The van der Waals surface area contributed by atoms with Crippen LogP contribution in [0.1, 0.15) is 11.1 Å². The highest BCUT2D eigenvalue weighted by atomic mass is 16.1. The van der Waals surface area contributed by atoms with E-state index < -0.39 is 5.91 Å². The van der Waals surface area contributed by atoms with Crippen LogP contribution in [-0.2, 0) is 11.3 Å². The summed E-state index contributed by atoms with van der Waals surface area (Å²) in [4.78, 5) is 12.2. The topological polar surface area (TPSA) is 96.8 Å². The average Bonchev–Trinajstić information content (AvgIpc) is 3.02. The van der Waals surface area contributed by atoms with Crippen molar-refractivity contribution in [3.05, 3.63) is 78.1 Å². The number of nitrogens with two attached hydrogens (primary N) is 1. The highest BCUT2D eigenvalue weighted by Crippen LogP contribution is 2.13. The van der Waals surface area contributed by atoms with E-state index in [4.69, 9.17) is 11.1 Å². The number of amides is 1. The standard InChI is InChI=1S/C18H17N5O/c19-16-9-5-4-8-15(16)17(20)18(24)22-14-10-21-23(12-14)11-13-6-2-1-3-7-13/h1-10,12,20H,11,19H2,(H,22,24). The van der Waals surface area contributed by atoms with Gasteiger partial charge in [0.05, 0.1) is 18.4 Å². The summed E-state index contributed by atoms with van der Waals surface area (Å²) in [6.07, 6.45) is 3.29. The predicted molar refractivity (Wildman–Crippen MR) is 94.1 cm³/mol. The Kier molecular flexibility index (Phi) is 4.38. The first-order chi connectivity index (χ1) is 11.6. The molecule has 1 aromatic heterocycles. The van der Waals surface area contributed by atoms with Gasteiger partial charge in [0.2, 0.25) is 0 Å². The van der Waals surface area contributed by atoms with Crippen molar-refractivity contribution in [1.29, 1.82) is 5.41 Å². The molecule has 0 bridgehead atoms. The van der Waals surface area contributed by atoms with Crippen molar-refractivity contribution in [2.24, 2.45) is 0 Å². The Morgan fingerprint density at radius 1 is 1.12 bits per heavy atom. The van der Waals surface area contributed by atoms with Crippen LogP contribution in [0.2, 0.25) is 0 Å². The quantitative estimate of drug-likeness (QED) is 0.498. The lowest BCUT2D eigenvalue weighted by Gasteiger charge is -2.07. The minimum Gasteiger partial charge on any atom is -0.398 e. The summed E-state index contributed by atoms with van der Waals surface area (Å²) in [5.74, 6) is -0.521. The van der Waals surface area contributed by atoms with E-state index in [1.54, 1.807) is 41.3 Å². The molecule has 4 N–H and O–H groups in total. The minimum absolute atomic E-state index is 0.177. The number of rotatable bonds is 5. The Morgan fingerprint density at radius 2 is 1.83 bits per heavy atom. The van der Waals surface area contributed by atoms with E-state index in [0.29, 0.717) is 23.5 Å². The number of anilines is 2. The van der Waals surface area contributed by atoms with Gasteiger partial charge in [-0.2, -0.15) is 5.10 Å². The van der Waals surface area contributed by atoms with Gasteiger partial charge in [-0.3, -0.25) is 14.9 Å². The fourth-order valence-corrected chi connectivity index (χ4v) is 2.33. The number of nitrogens with zero attached hydrogens (tertiary/aromatic N) is 2. The molecule has 6 heteroatoms. The monoisotopic (exact) mass is 319 g/mol. The maximum Gasteiger partial charge on any atom is 0.274 e. The summed E-state index contributed by atoms with van der Waals surface area (Å²) in [7, 11) is 0. The van der Waals surface area contributed by atoms with Crippen LogP contribution in [0.3, 0.4) is 0 Å². The Bertz CT molecular complexity index is 870. The number of hydrogen-bond acceptors (Lipinski definition) is 4. The Labute approximate surface area is 139 Å². The predicted octanol–water partition coefficient (Wildman–Crippen LogP) is 2.52. The molecule has 0 aliphatic heterocycles. The Balaban J connectivity index is 1.67. The third-order valence-corrected chi connectivity index (χ3v) is 3.54. The van der Waals surface area contributed by atoms with Crippen LogP contribution in [0.4, 0.5) is 11.4 Å². The van der Waals surface area contributed by atoms with Crippen molar-refractivity contribution in [3.8, 4) is 0 Å². The molecule has 1 heterocycles. The van der Waals surface area contributed by atoms with Gasteiger partial charge in [0, 0.05) is 17.4 Å². The van der Waals surface area contributed by atoms with Crippen molar-refractivity contribution in [2.75, 3.05) is 11.1 Å². The normalized spacial score (nSPS) is 10.3. The molecular weight excluding hydrogens is 302 g/mol. The average molecular weight is 319 g/mol. The van der Waals surface area contributed by atoms with Gasteiger partial charge < -0.3 is 11.1 Å². The molecule has 3 rings (SSSR count). The summed E-state index contributed by atoms with van der Waals surface area (Å²) in [6, 6.07) is 16.7. The van der Waals surface area contributed by atoms with Crippen LogP contribution in [0.25, 0.3) is 0 Å². The van der Waals surface area contributed by atoms with Crippen molar-refractivity contribution in [1.82, 2.24) is 9.78 Å². The molecule has 0 spiro atoms. The van der Waals surface area contributed by atoms with Crippen LogP contribution in [0.15, 0.2) is 67.0 Å². The Hall–Kier alpha value is -3.41. The van der Waals surface area contributed by atoms with E-state index in [2.05, 4.69) is 10.4 Å². The van der Waals surface area contributed by atoms with Gasteiger partial charge in [-0.1, -0.05) is 48.5 Å². The second-order valence-electron chi connectivity index (χ2n) is 5.33. The zero-order valence-corrected chi connectivity index (χ0v) is 12.9. The lowest BCUT2D eigenvalue weighted by atomic mass is 10.1. The van der Waals surface area contributed by atoms with E-state index in [1.165, 1.54) is 0 Å². The summed E-state index contributed by atoms with van der Waals surface area (Å²) in [6.45, 7) is 0.611.